The fourth-order valence-corrected chi connectivity index (χ4v) is 4.94. The molecule has 0 aliphatic heterocycles. The van der Waals surface area contributed by atoms with Crippen molar-refractivity contribution in [3.05, 3.63) is 106 Å². The van der Waals surface area contributed by atoms with E-state index in [4.69, 9.17) is 11.6 Å². The van der Waals surface area contributed by atoms with Gasteiger partial charge in [-0.25, -0.2) is 8.42 Å². The Labute approximate surface area is 217 Å². The molecule has 3 aromatic carbocycles. The van der Waals surface area contributed by atoms with Crippen molar-refractivity contribution in [2.45, 2.75) is 30.2 Å². The Hall–Kier alpha value is -3.58. The van der Waals surface area contributed by atoms with E-state index in [1.54, 1.807) is 4.57 Å². The number of nitrogens with one attached hydrogen (secondary N) is 1. The van der Waals surface area contributed by atoms with E-state index < -0.39 is 49.1 Å². The van der Waals surface area contributed by atoms with E-state index >= 15 is 0 Å². The Kier molecular flexibility index (Phi) is 7.44. The maximum atomic E-state index is 13.4. The molecule has 0 radical (unpaired) electrons. The number of hydrogen-bond acceptors (Lipinski definition) is 4. The lowest BCUT2D eigenvalue weighted by molar-refractivity contribution is -0.138. The third-order valence-electron chi connectivity index (χ3n) is 5.48. The monoisotopic (exact) mass is 574 g/mol. The number of alkyl halides is 6. The molecule has 0 spiro atoms. The molecule has 4 rings (SSSR count). The highest BCUT2D eigenvalue weighted by Crippen LogP contribution is 2.37. The van der Waals surface area contributed by atoms with Crippen LogP contribution in [0, 0.1) is 0 Å². The van der Waals surface area contributed by atoms with Crippen LogP contribution in [0.1, 0.15) is 28.1 Å². The summed E-state index contributed by atoms with van der Waals surface area (Å²) in [5.74, 6) is 0.319. The maximum Gasteiger partial charge on any atom is 0.417 e. The lowest BCUT2D eigenvalue weighted by atomic mass is 10.1. The molecule has 14 heteroatoms. The number of aromatic nitrogens is 3. The molecule has 38 heavy (non-hydrogen) atoms. The largest absolute Gasteiger partial charge is 0.417 e. The van der Waals surface area contributed by atoms with Crippen molar-refractivity contribution in [3.63, 3.8) is 0 Å². The van der Waals surface area contributed by atoms with Crippen LogP contribution in [-0.2, 0) is 35.3 Å². The minimum Gasteiger partial charge on any atom is -0.313 e. The summed E-state index contributed by atoms with van der Waals surface area (Å²) in [6.45, 7) is 0.343. The molecule has 0 saturated carbocycles. The van der Waals surface area contributed by atoms with Crippen LogP contribution >= 0.6 is 11.6 Å². The summed E-state index contributed by atoms with van der Waals surface area (Å²) in [5.41, 5.74) is -2.05. The molecule has 0 bridgehead atoms. The van der Waals surface area contributed by atoms with E-state index in [0.717, 1.165) is 29.8 Å². The first kappa shape index (κ1) is 27.5. The number of rotatable bonds is 7. The Bertz CT molecular complexity index is 1550. The molecule has 6 nitrogen and oxygen atoms in total. The van der Waals surface area contributed by atoms with Crippen molar-refractivity contribution in [2.75, 3.05) is 4.72 Å². The second kappa shape index (κ2) is 10.3. The molecule has 0 atom stereocenters. The zero-order valence-corrected chi connectivity index (χ0v) is 20.6. The molecule has 1 aromatic heterocycles. The van der Waals surface area contributed by atoms with Crippen molar-refractivity contribution in [2.24, 2.45) is 0 Å². The molecule has 0 amide bonds. The van der Waals surface area contributed by atoms with Crippen LogP contribution in [-0.4, -0.2) is 23.2 Å². The smallest absolute Gasteiger partial charge is 0.313 e. The van der Waals surface area contributed by atoms with Crippen molar-refractivity contribution in [1.82, 2.24) is 14.8 Å². The summed E-state index contributed by atoms with van der Waals surface area (Å²) in [7, 11) is -4.75. The molecule has 0 aliphatic rings. The van der Waals surface area contributed by atoms with Gasteiger partial charge in [0.15, 0.2) is 0 Å². The topological polar surface area (TPSA) is 76.9 Å². The summed E-state index contributed by atoms with van der Waals surface area (Å²) in [4.78, 5) is -0.829. The van der Waals surface area contributed by atoms with Gasteiger partial charge in [-0.15, -0.1) is 10.2 Å². The zero-order chi connectivity index (χ0) is 27.7. The first-order valence-electron chi connectivity index (χ1n) is 10.7. The van der Waals surface area contributed by atoms with E-state index in [2.05, 4.69) is 10.2 Å². The predicted molar refractivity (Wildman–Crippen MR) is 127 cm³/mol. The zero-order valence-electron chi connectivity index (χ0n) is 19.1. The number of halogens is 7. The lowest BCUT2D eigenvalue weighted by Crippen LogP contribution is -2.17. The fraction of sp³-hybridized carbons (Fsp3) is 0.167. The maximum absolute atomic E-state index is 13.4. The van der Waals surface area contributed by atoms with E-state index in [9.17, 15) is 34.8 Å². The third kappa shape index (κ3) is 6.27. The van der Waals surface area contributed by atoms with Crippen LogP contribution in [0.3, 0.4) is 0 Å². The third-order valence-corrected chi connectivity index (χ3v) is 7.17. The highest BCUT2D eigenvalue weighted by Gasteiger charge is 2.35. The van der Waals surface area contributed by atoms with Crippen LogP contribution in [0.15, 0.2) is 78.0 Å². The van der Waals surface area contributed by atoms with Crippen molar-refractivity contribution in [1.29, 1.82) is 0 Å². The number of benzene rings is 3. The van der Waals surface area contributed by atoms with Gasteiger partial charge in [-0.2, -0.15) is 26.3 Å². The SMILES string of the molecule is O=S(=O)(Nc1cc(C(F)(F)F)ccc1Cc1nncn1Cc1ccccc1)c1ccc(Cl)c(C(F)(F)F)c1. The standard InChI is InChI=1S/C24H17ClF6N4O2S/c25-20-9-8-18(12-19(20)24(29,30)31)38(36,37)34-21-11-17(23(26,27)28)7-6-16(21)10-22-33-32-14-35(22)13-15-4-2-1-3-5-15/h1-9,11-12,14,34H,10,13H2. The first-order valence-corrected chi connectivity index (χ1v) is 12.6. The van der Waals surface area contributed by atoms with Gasteiger partial charge in [-0.1, -0.05) is 48.0 Å². The van der Waals surface area contributed by atoms with Gasteiger partial charge in [0.05, 0.1) is 33.3 Å². The van der Waals surface area contributed by atoms with Crippen LogP contribution in [0.25, 0.3) is 0 Å². The highest BCUT2D eigenvalue weighted by molar-refractivity contribution is 7.92. The van der Waals surface area contributed by atoms with E-state index in [0.29, 0.717) is 24.5 Å². The second-order valence-corrected chi connectivity index (χ2v) is 10.2. The molecule has 200 valence electrons. The molecule has 1 N–H and O–H groups in total. The van der Waals surface area contributed by atoms with E-state index in [1.165, 1.54) is 6.33 Å². The van der Waals surface area contributed by atoms with Crippen molar-refractivity contribution < 1.29 is 34.8 Å². The lowest BCUT2D eigenvalue weighted by Gasteiger charge is -2.17. The van der Waals surface area contributed by atoms with Gasteiger partial charge >= 0.3 is 12.4 Å². The van der Waals surface area contributed by atoms with Crippen LogP contribution in [0.4, 0.5) is 32.0 Å². The van der Waals surface area contributed by atoms with Gasteiger partial charge in [0.2, 0.25) is 0 Å². The highest BCUT2D eigenvalue weighted by atomic mass is 35.5. The van der Waals surface area contributed by atoms with Crippen molar-refractivity contribution in [3.8, 4) is 0 Å². The Morgan fingerprint density at radius 1 is 0.895 bits per heavy atom. The Morgan fingerprint density at radius 2 is 1.61 bits per heavy atom. The average Bonchev–Trinajstić information content (AvgIpc) is 3.25. The molecule has 4 aromatic rings. The van der Waals surface area contributed by atoms with Gasteiger partial charge < -0.3 is 4.57 Å². The van der Waals surface area contributed by atoms with Gasteiger partial charge in [0.1, 0.15) is 12.2 Å². The average molecular weight is 575 g/mol. The summed E-state index contributed by atoms with van der Waals surface area (Å²) in [5, 5.41) is 7.11. The minimum absolute atomic E-state index is 0.0916. The normalized spacial score (nSPS) is 12.5. The second-order valence-electron chi connectivity index (χ2n) is 8.15. The van der Waals surface area contributed by atoms with Gasteiger partial charge in [-0.3, -0.25) is 4.72 Å². The Balaban J connectivity index is 1.71. The molecular weight excluding hydrogens is 558 g/mol. The molecular formula is C24H17ClF6N4O2S. The molecule has 0 saturated heterocycles. The molecule has 1 heterocycles. The van der Waals surface area contributed by atoms with E-state index in [-0.39, 0.29) is 12.0 Å². The van der Waals surface area contributed by atoms with Crippen LogP contribution in [0.5, 0.6) is 0 Å². The van der Waals surface area contributed by atoms with E-state index in [1.807, 2.05) is 35.1 Å². The Morgan fingerprint density at radius 3 is 2.26 bits per heavy atom. The molecule has 0 unspecified atom stereocenters. The molecule has 0 fully saturated rings. The summed E-state index contributed by atoms with van der Waals surface area (Å²) in [6, 6.07) is 13.5. The van der Waals surface area contributed by atoms with Gasteiger partial charge in [0.25, 0.3) is 10.0 Å². The van der Waals surface area contributed by atoms with Crippen molar-refractivity contribution >= 4 is 27.3 Å². The fourth-order valence-electron chi connectivity index (χ4n) is 3.59. The predicted octanol–water partition coefficient (Wildman–Crippen LogP) is 6.41. The summed E-state index contributed by atoms with van der Waals surface area (Å²) in [6.07, 6.45) is -8.47. The number of hydrogen-bond donors (Lipinski definition) is 1. The quantitative estimate of drug-likeness (QED) is 0.259. The summed E-state index contributed by atoms with van der Waals surface area (Å²) >= 11 is 5.56. The number of anilines is 1. The van der Waals surface area contributed by atoms with Crippen LogP contribution < -0.4 is 4.72 Å². The first-order chi connectivity index (χ1) is 17.7. The van der Waals surface area contributed by atoms with Gasteiger partial charge in [0, 0.05) is 6.42 Å². The van der Waals surface area contributed by atoms with Crippen LogP contribution in [0.2, 0.25) is 5.02 Å². The minimum atomic E-state index is -4.95. The number of sulfonamides is 1. The van der Waals surface area contributed by atoms with Gasteiger partial charge in [-0.05, 0) is 41.5 Å². The number of nitrogens with zero attached hydrogens (tertiary/aromatic N) is 3. The molecule has 0 aliphatic carbocycles. The summed E-state index contributed by atoms with van der Waals surface area (Å²) < 4.78 is 110.